The number of hydrogen-bond acceptors (Lipinski definition) is 4. The highest BCUT2D eigenvalue weighted by Crippen LogP contribution is 2.28. The molecule has 5 heteroatoms. The van der Waals surface area contributed by atoms with Crippen LogP contribution in [0.15, 0.2) is 85.1 Å². The van der Waals surface area contributed by atoms with Gasteiger partial charge in [-0.05, 0) is 37.1 Å². The Bertz CT molecular complexity index is 856. The lowest BCUT2D eigenvalue weighted by atomic mass is 9.90. The van der Waals surface area contributed by atoms with Gasteiger partial charge in [0.1, 0.15) is 5.69 Å². The van der Waals surface area contributed by atoms with E-state index in [4.69, 9.17) is 9.47 Å². The molecule has 0 aliphatic heterocycles. The van der Waals surface area contributed by atoms with Crippen molar-refractivity contribution < 1.29 is 14.3 Å². The first-order valence-electron chi connectivity index (χ1n) is 10.3. The van der Waals surface area contributed by atoms with Crippen LogP contribution in [0.3, 0.4) is 0 Å². The van der Waals surface area contributed by atoms with Crippen LogP contribution in [0.4, 0.5) is 0 Å². The lowest BCUT2D eigenvalue weighted by molar-refractivity contribution is -0.241. The Labute approximate surface area is 178 Å². The maximum atomic E-state index is 13.4. The molecule has 3 rings (SSSR count). The van der Waals surface area contributed by atoms with E-state index in [0.29, 0.717) is 18.9 Å². The molecular formula is C25H28N2O3. The average molecular weight is 405 g/mol. The number of benzene rings is 2. The average Bonchev–Trinajstić information content (AvgIpc) is 2.80. The van der Waals surface area contributed by atoms with Crippen LogP contribution in [0.2, 0.25) is 0 Å². The van der Waals surface area contributed by atoms with Crippen molar-refractivity contribution in [2.24, 2.45) is 0 Å². The third kappa shape index (κ3) is 5.12. The van der Waals surface area contributed by atoms with E-state index in [0.717, 1.165) is 11.1 Å². The van der Waals surface area contributed by atoms with Crippen LogP contribution in [-0.2, 0) is 20.1 Å². The van der Waals surface area contributed by atoms with Gasteiger partial charge in [0.05, 0.1) is 12.5 Å². The highest BCUT2D eigenvalue weighted by Gasteiger charge is 2.37. The van der Waals surface area contributed by atoms with Gasteiger partial charge in [0.15, 0.2) is 0 Å². The fraction of sp³-hybridized carbons (Fsp3) is 0.280. The van der Waals surface area contributed by atoms with Gasteiger partial charge in [-0.15, -0.1) is 0 Å². The van der Waals surface area contributed by atoms with Gasteiger partial charge in [-0.25, -0.2) is 0 Å². The second kappa shape index (κ2) is 10.7. The molecule has 1 heterocycles. The molecule has 0 saturated carbocycles. The summed E-state index contributed by atoms with van der Waals surface area (Å²) in [7, 11) is 0. The van der Waals surface area contributed by atoms with Crippen molar-refractivity contribution in [1.29, 1.82) is 0 Å². The van der Waals surface area contributed by atoms with Crippen molar-refractivity contribution in [3.05, 3.63) is 102 Å². The molecule has 1 amide bonds. The zero-order valence-corrected chi connectivity index (χ0v) is 17.5. The Balaban J connectivity index is 1.88. The predicted molar refractivity (Wildman–Crippen MR) is 117 cm³/mol. The van der Waals surface area contributed by atoms with Crippen molar-refractivity contribution >= 4 is 5.91 Å². The molecular weight excluding hydrogens is 376 g/mol. The Hall–Kier alpha value is -3.02. The predicted octanol–water partition coefficient (Wildman–Crippen LogP) is 4.26. The van der Waals surface area contributed by atoms with Gasteiger partial charge in [0.2, 0.25) is 11.7 Å². The molecule has 0 spiro atoms. The van der Waals surface area contributed by atoms with Crippen LogP contribution < -0.4 is 5.32 Å². The molecule has 0 unspecified atom stereocenters. The number of pyridine rings is 1. The van der Waals surface area contributed by atoms with E-state index in [-0.39, 0.29) is 12.5 Å². The monoisotopic (exact) mass is 404 g/mol. The second-order valence-electron chi connectivity index (χ2n) is 6.81. The van der Waals surface area contributed by atoms with E-state index >= 15 is 0 Å². The van der Waals surface area contributed by atoms with Gasteiger partial charge < -0.3 is 14.8 Å². The summed E-state index contributed by atoms with van der Waals surface area (Å²) in [5.74, 6) is -1.69. The summed E-state index contributed by atoms with van der Waals surface area (Å²) in [5.41, 5.74) is 2.49. The molecule has 0 aliphatic rings. The minimum Gasteiger partial charge on any atom is -0.349 e. The minimum absolute atomic E-state index is 0.118. The van der Waals surface area contributed by atoms with Crippen LogP contribution in [0.1, 0.15) is 36.6 Å². The van der Waals surface area contributed by atoms with Gasteiger partial charge in [-0.2, -0.15) is 0 Å². The maximum Gasteiger partial charge on any atom is 0.232 e. The topological polar surface area (TPSA) is 60.5 Å². The summed E-state index contributed by atoms with van der Waals surface area (Å²) in [6.07, 6.45) is 1.70. The number of carbonyl (C=O) groups excluding carboxylic acids is 1. The number of rotatable bonds is 10. The van der Waals surface area contributed by atoms with E-state index in [1.165, 1.54) is 0 Å². The summed E-state index contributed by atoms with van der Waals surface area (Å²) in [5, 5.41) is 3.06. The molecule has 0 radical (unpaired) electrons. The Morgan fingerprint density at radius 2 is 1.40 bits per heavy atom. The zero-order chi connectivity index (χ0) is 21.2. The van der Waals surface area contributed by atoms with Crippen molar-refractivity contribution in [3.63, 3.8) is 0 Å². The standard InChI is InChI=1S/C25H28N2O3/c1-3-29-25(30-4-2,22-17-11-12-18-26-22)19-27-24(28)23(20-13-7-5-8-14-20)21-15-9-6-10-16-21/h5-18,23H,3-4,19H2,1-2H3,(H,27,28). The quantitative estimate of drug-likeness (QED) is 0.513. The van der Waals surface area contributed by atoms with Crippen molar-refractivity contribution in [1.82, 2.24) is 10.3 Å². The highest BCUT2D eigenvalue weighted by molar-refractivity contribution is 5.87. The Morgan fingerprint density at radius 1 is 0.867 bits per heavy atom. The molecule has 0 aliphatic carbocycles. The number of aromatic nitrogens is 1. The molecule has 1 N–H and O–H groups in total. The molecule has 1 aromatic heterocycles. The lowest BCUT2D eigenvalue weighted by Crippen LogP contribution is -2.46. The highest BCUT2D eigenvalue weighted by atomic mass is 16.7. The third-order valence-electron chi connectivity index (χ3n) is 4.83. The van der Waals surface area contributed by atoms with Crippen molar-refractivity contribution in [2.45, 2.75) is 25.6 Å². The van der Waals surface area contributed by atoms with Crippen LogP contribution >= 0.6 is 0 Å². The summed E-state index contributed by atoms with van der Waals surface area (Å²) in [6.45, 7) is 4.80. The van der Waals surface area contributed by atoms with Crippen LogP contribution in [0, 0.1) is 0 Å². The molecule has 0 fully saturated rings. The Kier molecular flexibility index (Phi) is 7.71. The van der Waals surface area contributed by atoms with E-state index in [1.54, 1.807) is 6.20 Å². The summed E-state index contributed by atoms with van der Waals surface area (Å²) in [6, 6.07) is 25.1. The Morgan fingerprint density at radius 3 is 1.87 bits per heavy atom. The zero-order valence-electron chi connectivity index (χ0n) is 17.5. The molecule has 156 valence electrons. The number of hydrogen-bond donors (Lipinski definition) is 1. The van der Waals surface area contributed by atoms with Gasteiger partial charge >= 0.3 is 0 Å². The van der Waals surface area contributed by atoms with Crippen molar-refractivity contribution in [3.8, 4) is 0 Å². The normalized spacial score (nSPS) is 11.4. The number of nitrogens with one attached hydrogen (secondary N) is 1. The van der Waals surface area contributed by atoms with Gasteiger partial charge in [0.25, 0.3) is 0 Å². The lowest BCUT2D eigenvalue weighted by Gasteiger charge is -2.33. The first kappa shape index (κ1) is 21.7. The minimum atomic E-state index is -1.14. The molecule has 0 saturated heterocycles. The molecule has 5 nitrogen and oxygen atoms in total. The third-order valence-corrected chi connectivity index (χ3v) is 4.83. The molecule has 3 aromatic rings. The number of ether oxygens (including phenoxy) is 2. The largest absolute Gasteiger partial charge is 0.349 e. The van der Waals surface area contributed by atoms with E-state index < -0.39 is 11.7 Å². The molecule has 2 aromatic carbocycles. The summed E-state index contributed by atoms with van der Waals surface area (Å²) >= 11 is 0. The van der Waals surface area contributed by atoms with E-state index in [9.17, 15) is 4.79 Å². The molecule has 30 heavy (non-hydrogen) atoms. The SMILES string of the molecule is CCOC(CNC(=O)C(c1ccccc1)c1ccccc1)(OCC)c1ccccn1. The van der Waals surface area contributed by atoms with E-state index in [1.807, 2.05) is 92.7 Å². The number of amides is 1. The first-order valence-corrected chi connectivity index (χ1v) is 10.3. The van der Waals surface area contributed by atoms with Crippen LogP contribution in [0.25, 0.3) is 0 Å². The molecule has 0 bridgehead atoms. The smallest absolute Gasteiger partial charge is 0.232 e. The van der Waals surface area contributed by atoms with Crippen LogP contribution in [0.5, 0.6) is 0 Å². The van der Waals surface area contributed by atoms with Gasteiger partial charge in [-0.3, -0.25) is 9.78 Å². The van der Waals surface area contributed by atoms with Gasteiger partial charge in [0, 0.05) is 19.4 Å². The number of nitrogens with zero attached hydrogens (tertiary/aromatic N) is 1. The maximum absolute atomic E-state index is 13.4. The van der Waals surface area contributed by atoms with Crippen LogP contribution in [-0.4, -0.2) is 30.6 Å². The first-order chi connectivity index (χ1) is 14.7. The van der Waals surface area contributed by atoms with Gasteiger partial charge in [-0.1, -0.05) is 66.7 Å². The molecule has 0 atom stereocenters. The number of carbonyl (C=O) groups is 1. The second-order valence-corrected chi connectivity index (χ2v) is 6.81. The fourth-order valence-electron chi connectivity index (χ4n) is 3.53. The summed E-state index contributed by atoms with van der Waals surface area (Å²) in [4.78, 5) is 17.8. The summed E-state index contributed by atoms with van der Waals surface area (Å²) < 4.78 is 12.0. The fourth-order valence-corrected chi connectivity index (χ4v) is 3.53. The van der Waals surface area contributed by atoms with E-state index in [2.05, 4.69) is 10.3 Å². The van der Waals surface area contributed by atoms with Crippen molar-refractivity contribution in [2.75, 3.05) is 19.8 Å².